The molecule has 0 unspecified atom stereocenters. The van der Waals surface area contributed by atoms with E-state index in [0.717, 1.165) is 20.9 Å². The minimum atomic E-state index is -1.37. The minimum absolute atomic E-state index is 0.118. The van der Waals surface area contributed by atoms with E-state index in [4.69, 9.17) is 9.47 Å². The number of benzene rings is 2. The highest BCUT2D eigenvalue weighted by atomic mass is 19.1. The summed E-state index contributed by atoms with van der Waals surface area (Å²) in [6.07, 6.45) is -0.224. The molecule has 1 aliphatic rings. The molecular weight excluding hydrogens is 418 g/mol. The molecule has 0 N–H and O–H groups in total. The molecule has 32 heavy (non-hydrogen) atoms. The molecule has 1 saturated carbocycles. The summed E-state index contributed by atoms with van der Waals surface area (Å²) >= 11 is 0. The molecule has 0 radical (unpaired) electrons. The number of halogens is 2. The van der Waals surface area contributed by atoms with Crippen LogP contribution in [0.3, 0.4) is 0 Å². The molecule has 0 aliphatic heterocycles. The van der Waals surface area contributed by atoms with Crippen LogP contribution in [0, 0.1) is 11.7 Å². The molecule has 0 amide bonds. The summed E-state index contributed by atoms with van der Waals surface area (Å²) in [5.41, 5.74) is -0.148. The second kappa shape index (κ2) is 9.48. The third-order valence-electron chi connectivity index (χ3n) is 5.82. The Bertz CT molecular complexity index is 1180. The monoisotopic (exact) mass is 442 g/mol. The second-order valence-electron chi connectivity index (χ2n) is 7.91. The average molecular weight is 442 g/mol. The fourth-order valence-electron chi connectivity index (χ4n) is 3.90. The van der Waals surface area contributed by atoms with E-state index in [-0.39, 0.29) is 19.1 Å². The van der Waals surface area contributed by atoms with Gasteiger partial charge in [0.05, 0.1) is 39.1 Å². The molecule has 1 aliphatic carbocycles. The highest BCUT2D eigenvalue weighted by molar-refractivity contribution is 5.27. The van der Waals surface area contributed by atoms with E-state index in [1.165, 1.54) is 7.11 Å². The van der Waals surface area contributed by atoms with E-state index < -0.39 is 29.3 Å². The molecule has 0 saturated heterocycles. The Labute approximate surface area is 183 Å². The summed E-state index contributed by atoms with van der Waals surface area (Å²) in [5.74, 6) is -0.859. The van der Waals surface area contributed by atoms with Gasteiger partial charge in [0, 0.05) is 5.92 Å². The Morgan fingerprint density at radius 2 is 1.75 bits per heavy atom. The molecule has 1 heterocycles. The van der Waals surface area contributed by atoms with Crippen LogP contribution in [0.4, 0.5) is 8.78 Å². The Hall–Kier alpha value is -3.26. The van der Waals surface area contributed by atoms with Crippen molar-refractivity contribution in [3.63, 3.8) is 0 Å². The number of ether oxygens (including phenoxy) is 2. The van der Waals surface area contributed by atoms with E-state index in [9.17, 15) is 18.4 Å². The summed E-state index contributed by atoms with van der Waals surface area (Å²) in [6.45, 7) is 0.456. The van der Waals surface area contributed by atoms with Gasteiger partial charge < -0.3 is 9.47 Å². The Kier molecular flexibility index (Phi) is 6.50. The maximum atomic E-state index is 14.8. The van der Waals surface area contributed by atoms with Crippen LogP contribution in [-0.2, 0) is 17.9 Å². The van der Waals surface area contributed by atoms with Crippen molar-refractivity contribution in [1.82, 2.24) is 9.13 Å². The van der Waals surface area contributed by atoms with Crippen molar-refractivity contribution < 1.29 is 18.3 Å². The summed E-state index contributed by atoms with van der Waals surface area (Å²) in [5, 5.41) is 0. The Balaban J connectivity index is 1.45. The fourth-order valence-corrected chi connectivity index (χ4v) is 3.90. The zero-order valence-electron chi connectivity index (χ0n) is 17.6. The van der Waals surface area contributed by atoms with E-state index in [0.29, 0.717) is 24.3 Å². The van der Waals surface area contributed by atoms with Gasteiger partial charge in [-0.25, -0.2) is 9.18 Å². The average Bonchev–Trinajstić information content (AvgIpc) is 2.82. The SMILES string of the molecule is COc1ccc(Cn2c(=O)c(F)cn([C@H]3C[C@@H](COCc4ccccc4)[C@@H]3F)c2=O)cc1. The van der Waals surface area contributed by atoms with Crippen LogP contribution in [0.15, 0.2) is 70.4 Å². The van der Waals surface area contributed by atoms with Crippen molar-refractivity contribution in [3.05, 3.63) is 98.6 Å². The van der Waals surface area contributed by atoms with Gasteiger partial charge in [-0.05, 0) is 29.7 Å². The third kappa shape index (κ3) is 4.50. The molecule has 6 nitrogen and oxygen atoms in total. The summed E-state index contributed by atoms with van der Waals surface area (Å²) in [4.78, 5) is 25.1. The fraction of sp³-hybridized carbons (Fsp3) is 0.333. The molecule has 4 rings (SSSR count). The van der Waals surface area contributed by atoms with Crippen LogP contribution in [0.25, 0.3) is 0 Å². The maximum absolute atomic E-state index is 14.8. The van der Waals surface area contributed by atoms with Crippen molar-refractivity contribution in [2.75, 3.05) is 13.7 Å². The van der Waals surface area contributed by atoms with E-state index in [1.54, 1.807) is 24.3 Å². The first-order valence-electron chi connectivity index (χ1n) is 10.4. The van der Waals surface area contributed by atoms with Crippen LogP contribution in [0.1, 0.15) is 23.6 Å². The molecule has 8 heteroatoms. The Morgan fingerprint density at radius 3 is 2.41 bits per heavy atom. The van der Waals surface area contributed by atoms with Gasteiger partial charge in [-0.3, -0.25) is 13.9 Å². The number of alkyl halides is 1. The van der Waals surface area contributed by atoms with Gasteiger partial charge in [0.2, 0.25) is 5.82 Å². The van der Waals surface area contributed by atoms with Crippen molar-refractivity contribution in [1.29, 1.82) is 0 Å². The van der Waals surface area contributed by atoms with Gasteiger partial charge in [-0.1, -0.05) is 42.5 Å². The number of rotatable bonds is 8. The lowest BCUT2D eigenvalue weighted by molar-refractivity contribution is -0.0322. The maximum Gasteiger partial charge on any atom is 0.331 e. The van der Waals surface area contributed by atoms with Gasteiger partial charge in [-0.2, -0.15) is 4.39 Å². The standard InChI is InChI=1S/C24H24F2N2O4/c1-31-19-9-7-16(8-10-19)12-28-23(29)20(25)13-27(24(28)30)21-11-18(22(21)26)15-32-14-17-5-3-2-4-6-17/h2-10,13,18,21-22H,11-12,14-15H2,1H3/t18-,21-,22-/m0/s1. The number of nitrogens with zero attached hydrogens (tertiary/aromatic N) is 2. The quantitative estimate of drug-likeness (QED) is 0.537. The summed E-state index contributed by atoms with van der Waals surface area (Å²) in [6, 6.07) is 15.4. The van der Waals surface area contributed by atoms with Crippen molar-refractivity contribution in [2.45, 2.75) is 31.8 Å². The van der Waals surface area contributed by atoms with Gasteiger partial charge in [0.25, 0.3) is 5.56 Å². The van der Waals surface area contributed by atoms with Crippen molar-refractivity contribution >= 4 is 0 Å². The zero-order chi connectivity index (χ0) is 22.7. The van der Waals surface area contributed by atoms with Crippen molar-refractivity contribution in [2.24, 2.45) is 5.92 Å². The molecule has 0 spiro atoms. The lowest BCUT2D eigenvalue weighted by Gasteiger charge is -2.40. The topological polar surface area (TPSA) is 62.5 Å². The molecule has 3 aromatic rings. The molecular formula is C24H24F2N2O4. The number of hydrogen-bond donors (Lipinski definition) is 0. The third-order valence-corrected chi connectivity index (χ3v) is 5.82. The smallest absolute Gasteiger partial charge is 0.331 e. The minimum Gasteiger partial charge on any atom is -0.497 e. The van der Waals surface area contributed by atoms with Crippen LogP contribution in [0.5, 0.6) is 5.75 Å². The number of hydrogen-bond acceptors (Lipinski definition) is 4. The molecule has 1 fully saturated rings. The number of aromatic nitrogens is 2. The largest absolute Gasteiger partial charge is 0.497 e. The van der Waals surface area contributed by atoms with Crippen LogP contribution in [-0.4, -0.2) is 29.0 Å². The van der Waals surface area contributed by atoms with E-state index >= 15 is 0 Å². The zero-order valence-corrected chi connectivity index (χ0v) is 17.6. The van der Waals surface area contributed by atoms with Crippen LogP contribution >= 0.6 is 0 Å². The molecule has 2 aromatic carbocycles. The van der Waals surface area contributed by atoms with Gasteiger partial charge in [-0.15, -0.1) is 0 Å². The van der Waals surface area contributed by atoms with Gasteiger partial charge >= 0.3 is 5.69 Å². The van der Waals surface area contributed by atoms with Gasteiger partial charge in [0.15, 0.2) is 0 Å². The lowest BCUT2D eigenvalue weighted by atomic mass is 9.78. The summed E-state index contributed by atoms with van der Waals surface area (Å²) in [7, 11) is 1.52. The molecule has 3 atom stereocenters. The normalized spacial score (nSPS) is 20.0. The highest BCUT2D eigenvalue weighted by Crippen LogP contribution is 2.40. The first-order valence-corrected chi connectivity index (χ1v) is 10.4. The lowest BCUT2D eigenvalue weighted by Crippen LogP contribution is -2.50. The van der Waals surface area contributed by atoms with Crippen molar-refractivity contribution in [3.8, 4) is 5.75 Å². The first-order chi connectivity index (χ1) is 15.5. The van der Waals surface area contributed by atoms with Crippen LogP contribution in [0.2, 0.25) is 0 Å². The van der Waals surface area contributed by atoms with E-state index in [2.05, 4.69) is 0 Å². The summed E-state index contributed by atoms with van der Waals surface area (Å²) < 4.78 is 41.7. The first kappa shape index (κ1) is 22.0. The number of methoxy groups -OCH3 is 1. The van der Waals surface area contributed by atoms with E-state index in [1.807, 2.05) is 30.3 Å². The predicted octanol–water partition coefficient (Wildman–Crippen LogP) is 3.32. The predicted molar refractivity (Wildman–Crippen MR) is 115 cm³/mol. The Morgan fingerprint density at radius 1 is 1.03 bits per heavy atom. The second-order valence-corrected chi connectivity index (χ2v) is 7.91. The molecule has 0 bridgehead atoms. The van der Waals surface area contributed by atoms with Gasteiger partial charge in [0.1, 0.15) is 11.9 Å². The highest BCUT2D eigenvalue weighted by Gasteiger charge is 2.43. The molecule has 1 aromatic heterocycles. The van der Waals surface area contributed by atoms with Crippen LogP contribution < -0.4 is 16.0 Å². The molecule has 168 valence electrons.